The molecule has 0 saturated heterocycles. The highest BCUT2D eigenvalue weighted by Crippen LogP contribution is 2.05. The fourth-order valence-corrected chi connectivity index (χ4v) is 1.56. The maximum atomic E-state index is 10.8. The van der Waals surface area contributed by atoms with E-state index in [1.807, 2.05) is 29.6 Å². The van der Waals surface area contributed by atoms with Crippen LogP contribution < -0.4 is 5.32 Å². The number of ether oxygens (including phenoxy) is 1. The van der Waals surface area contributed by atoms with E-state index in [4.69, 9.17) is 4.74 Å². The van der Waals surface area contributed by atoms with E-state index in [-0.39, 0.29) is 5.97 Å². The minimum absolute atomic E-state index is 0.0929. The average molecular weight is 327 g/mol. The van der Waals surface area contributed by atoms with Crippen LogP contribution in [0.15, 0.2) is 0 Å². The molecule has 0 aliphatic rings. The van der Waals surface area contributed by atoms with E-state index in [0.29, 0.717) is 11.0 Å². The molecular weight excluding hydrogens is 305 g/mol. The van der Waals surface area contributed by atoms with Crippen LogP contribution >= 0.6 is 22.6 Å². The Morgan fingerprint density at radius 1 is 1.13 bits per heavy atom. The number of alkyl halides is 1. The Bertz CT molecular complexity index is 154. The minimum Gasteiger partial charge on any atom is -0.465 e. The molecule has 0 radical (unpaired) electrons. The summed E-state index contributed by atoms with van der Waals surface area (Å²) in [5, 5.41) is 3.14. The number of hydrogen-bond donors (Lipinski definition) is 1. The van der Waals surface area contributed by atoms with Crippen LogP contribution in [0.1, 0.15) is 38.5 Å². The Morgan fingerprint density at radius 3 is 2.33 bits per heavy atom. The summed E-state index contributed by atoms with van der Waals surface area (Å²) in [6.45, 7) is 1.71. The van der Waals surface area contributed by atoms with Gasteiger partial charge in [-0.3, -0.25) is 4.79 Å². The zero-order chi connectivity index (χ0) is 11.4. The zero-order valence-corrected chi connectivity index (χ0v) is 11.7. The molecule has 1 N–H and O–H groups in total. The lowest BCUT2D eigenvalue weighted by molar-refractivity contribution is -0.140. The molecule has 0 aromatic carbocycles. The van der Waals surface area contributed by atoms with Gasteiger partial charge in [0.15, 0.2) is 0 Å². The molecule has 0 aromatic rings. The summed E-state index contributed by atoms with van der Waals surface area (Å²) in [6, 6.07) is 0. The summed E-state index contributed by atoms with van der Waals surface area (Å²) in [4.78, 5) is 10.8. The van der Waals surface area contributed by atoms with Crippen LogP contribution in [-0.2, 0) is 9.53 Å². The predicted octanol–water partition coefficient (Wildman–Crippen LogP) is 2.52. The van der Waals surface area contributed by atoms with Crippen molar-refractivity contribution >= 4 is 28.6 Å². The number of carbonyl (C=O) groups is 1. The fraction of sp³-hybridized carbons (Fsp3) is 0.909. The summed E-state index contributed by atoms with van der Waals surface area (Å²) >= 11 is 2.02. The van der Waals surface area contributed by atoms with E-state index < -0.39 is 0 Å². The third-order valence-electron chi connectivity index (χ3n) is 2.19. The maximum Gasteiger partial charge on any atom is 0.315 e. The Kier molecular flexibility index (Phi) is 12.4. The van der Waals surface area contributed by atoms with Gasteiger partial charge in [-0.1, -0.05) is 48.3 Å². The van der Waals surface area contributed by atoms with Gasteiger partial charge in [-0.05, 0) is 26.4 Å². The van der Waals surface area contributed by atoms with Crippen molar-refractivity contribution < 1.29 is 9.53 Å². The maximum absolute atomic E-state index is 10.8. The lowest BCUT2D eigenvalue weighted by atomic mass is 10.1. The first-order valence-electron chi connectivity index (χ1n) is 5.67. The smallest absolute Gasteiger partial charge is 0.315 e. The third-order valence-corrected chi connectivity index (χ3v) is 2.82. The van der Waals surface area contributed by atoms with E-state index in [0.717, 1.165) is 13.0 Å². The van der Waals surface area contributed by atoms with Crippen molar-refractivity contribution in [3.8, 4) is 0 Å². The highest BCUT2D eigenvalue weighted by Gasteiger charge is 1.97. The molecule has 0 amide bonds. The van der Waals surface area contributed by atoms with Crippen LogP contribution in [0.25, 0.3) is 0 Å². The van der Waals surface area contributed by atoms with E-state index in [1.165, 1.54) is 32.1 Å². The first kappa shape index (κ1) is 15.2. The van der Waals surface area contributed by atoms with Crippen molar-refractivity contribution in [1.82, 2.24) is 5.32 Å². The van der Waals surface area contributed by atoms with Gasteiger partial charge >= 0.3 is 5.97 Å². The number of unbranched alkanes of at least 4 members (excludes halogenated alkanes) is 5. The lowest BCUT2D eigenvalue weighted by Crippen LogP contribution is -2.07. The largest absolute Gasteiger partial charge is 0.465 e. The molecule has 0 aliphatic heterocycles. The first-order chi connectivity index (χ1) is 7.31. The van der Waals surface area contributed by atoms with Gasteiger partial charge in [-0.2, -0.15) is 0 Å². The molecule has 3 nitrogen and oxygen atoms in total. The van der Waals surface area contributed by atoms with Crippen LogP contribution in [0.3, 0.4) is 0 Å². The Morgan fingerprint density at radius 2 is 1.73 bits per heavy atom. The molecule has 4 heteroatoms. The Balaban J connectivity index is 2.95. The van der Waals surface area contributed by atoms with Gasteiger partial charge in [0.05, 0.1) is 11.0 Å². The molecule has 0 unspecified atom stereocenters. The van der Waals surface area contributed by atoms with E-state index in [9.17, 15) is 4.79 Å². The second-order valence-corrected chi connectivity index (χ2v) is 4.34. The summed E-state index contributed by atoms with van der Waals surface area (Å²) in [7, 11) is 1.99. The van der Waals surface area contributed by atoms with Crippen LogP contribution in [0.5, 0.6) is 0 Å². The number of hydrogen-bond acceptors (Lipinski definition) is 3. The van der Waals surface area contributed by atoms with Crippen LogP contribution in [0.4, 0.5) is 0 Å². The van der Waals surface area contributed by atoms with Gasteiger partial charge in [0, 0.05) is 0 Å². The topological polar surface area (TPSA) is 38.3 Å². The highest BCUT2D eigenvalue weighted by atomic mass is 127. The third kappa shape index (κ3) is 12.1. The van der Waals surface area contributed by atoms with Crippen LogP contribution in [0.2, 0.25) is 0 Å². The second kappa shape index (κ2) is 12.2. The molecule has 15 heavy (non-hydrogen) atoms. The van der Waals surface area contributed by atoms with Crippen molar-refractivity contribution in [2.75, 3.05) is 24.6 Å². The van der Waals surface area contributed by atoms with Gasteiger partial charge in [0.2, 0.25) is 0 Å². The monoisotopic (exact) mass is 327 g/mol. The fourth-order valence-electron chi connectivity index (χ4n) is 1.34. The predicted molar refractivity (Wildman–Crippen MR) is 71.5 cm³/mol. The second-order valence-electron chi connectivity index (χ2n) is 3.58. The van der Waals surface area contributed by atoms with Gasteiger partial charge in [-0.15, -0.1) is 0 Å². The van der Waals surface area contributed by atoms with Gasteiger partial charge < -0.3 is 10.1 Å². The van der Waals surface area contributed by atoms with Crippen molar-refractivity contribution in [3.05, 3.63) is 0 Å². The summed E-state index contributed by atoms with van der Waals surface area (Å²) in [6.07, 6.45) is 7.30. The molecule has 0 bridgehead atoms. The molecule has 0 aliphatic carbocycles. The minimum atomic E-state index is -0.0929. The molecule has 0 atom stereocenters. The van der Waals surface area contributed by atoms with Crippen molar-refractivity contribution in [2.24, 2.45) is 0 Å². The van der Waals surface area contributed by atoms with E-state index in [1.54, 1.807) is 0 Å². The van der Waals surface area contributed by atoms with Crippen LogP contribution in [0, 0.1) is 0 Å². The standard InChI is InChI=1S/C11H22INO2/c1-13-8-6-4-2-3-5-7-9-15-11(14)10-12/h13H,2-10H2,1H3. The molecule has 0 rings (SSSR count). The van der Waals surface area contributed by atoms with Gasteiger partial charge in [0.1, 0.15) is 0 Å². The van der Waals surface area contributed by atoms with Gasteiger partial charge in [0.25, 0.3) is 0 Å². The Hall–Kier alpha value is 0.160. The number of rotatable bonds is 10. The van der Waals surface area contributed by atoms with E-state index in [2.05, 4.69) is 5.32 Å². The van der Waals surface area contributed by atoms with Crippen molar-refractivity contribution in [3.63, 3.8) is 0 Å². The average Bonchev–Trinajstić information content (AvgIpc) is 2.26. The molecule has 0 saturated carbocycles. The highest BCUT2D eigenvalue weighted by molar-refractivity contribution is 14.1. The molecule has 0 spiro atoms. The SMILES string of the molecule is CNCCCCCCCCOC(=O)CI. The molecule has 0 heterocycles. The van der Waals surface area contributed by atoms with E-state index >= 15 is 0 Å². The number of nitrogens with one attached hydrogen (secondary N) is 1. The molecule has 0 fully saturated rings. The number of carbonyl (C=O) groups excluding carboxylic acids is 1. The van der Waals surface area contributed by atoms with Crippen molar-refractivity contribution in [2.45, 2.75) is 38.5 Å². The number of halogens is 1. The normalized spacial score (nSPS) is 10.3. The van der Waals surface area contributed by atoms with Crippen LogP contribution in [-0.4, -0.2) is 30.6 Å². The lowest BCUT2D eigenvalue weighted by Gasteiger charge is -2.03. The Labute approximate surface area is 106 Å². The zero-order valence-electron chi connectivity index (χ0n) is 9.56. The molecular formula is C11H22INO2. The van der Waals surface area contributed by atoms with Gasteiger partial charge in [-0.25, -0.2) is 0 Å². The summed E-state index contributed by atoms with van der Waals surface area (Å²) in [5.41, 5.74) is 0. The molecule has 90 valence electrons. The van der Waals surface area contributed by atoms with Crippen molar-refractivity contribution in [1.29, 1.82) is 0 Å². The quantitative estimate of drug-likeness (QED) is 0.290. The number of esters is 1. The molecule has 0 aromatic heterocycles. The summed E-state index contributed by atoms with van der Waals surface area (Å²) < 4.78 is 5.44. The first-order valence-corrected chi connectivity index (χ1v) is 7.20. The summed E-state index contributed by atoms with van der Waals surface area (Å²) in [5.74, 6) is -0.0929.